The largest absolute Gasteiger partial charge is 0.378 e. The number of halogens is 1. The first kappa shape index (κ1) is 40.4. The first-order valence-corrected chi connectivity index (χ1v) is 21.1. The molecule has 3 aromatic heterocycles. The molecule has 3 aromatic carbocycles. The Balaban J connectivity index is 0.000000163. The van der Waals surface area contributed by atoms with Gasteiger partial charge >= 0.3 is 0 Å². The molecule has 0 spiro atoms. The van der Waals surface area contributed by atoms with Crippen LogP contribution in [0.5, 0.6) is 0 Å². The minimum atomic E-state index is 0.417. The fraction of sp³-hybridized carbons (Fsp3) is 0.372. The zero-order valence-electron chi connectivity index (χ0n) is 33.9. The predicted octanol–water partition coefficient (Wildman–Crippen LogP) is 6.06. The van der Waals surface area contributed by atoms with E-state index in [-0.39, 0.29) is 0 Å². The Bertz CT molecular complexity index is 2290. The van der Waals surface area contributed by atoms with Crippen molar-refractivity contribution in [3.63, 3.8) is 0 Å². The number of benzene rings is 3. The molecule has 4 fully saturated rings. The number of fused-ring (bicyclic) bond motifs is 1. The van der Waals surface area contributed by atoms with Gasteiger partial charge in [0.25, 0.3) is 0 Å². The molecule has 0 saturated carbocycles. The third-order valence-electron chi connectivity index (χ3n) is 10.8. The topological polar surface area (TPSA) is 166 Å². The maximum absolute atomic E-state index is 5.98. The standard InChI is InChI=1S/C25H28N8O2.C18H22ClN5O2/c1-2-22(21-17-27-31-23(21)3-1)29-24-4-5-26-25(30-24)28-18-14-19(32-6-10-34-11-7-32)16-20(15-18)33-8-12-35-13-9-33;19-17-1-2-20-18(22-17)21-14-11-15(23-3-7-25-8-4-23)13-16(12-14)24-5-9-26-10-6-24/h1-5,14-17H,6-13H2,(H,27,31)(H2,26,28,29,30);1-2,11-13H,3-10H2,(H,20,21,22). The van der Waals surface area contributed by atoms with Crippen molar-refractivity contribution in [2.75, 3.05) is 141 Å². The molecule has 4 saturated heterocycles. The minimum Gasteiger partial charge on any atom is -0.378 e. The quantitative estimate of drug-likeness (QED) is 0.117. The number of anilines is 10. The summed E-state index contributed by atoms with van der Waals surface area (Å²) in [5.41, 5.74) is 8.47. The third-order valence-corrected chi connectivity index (χ3v) is 11.1. The Hall–Kier alpha value is -5.98. The number of H-pyrrole nitrogens is 1. The van der Waals surface area contributed by atoms with Crippen molar-refractivity contribution in [3.05, 3.63) is 90.5 Å². The van der Waals surface area contributed by atoms with Crippen molar-refractivity contribution in [1.82, 2.24) is 30.1 Å². The lowest BCUT2D eigenvalue weighted by atomic mass is 10.2. The molecule has 7 heterocycles. The van der Waals surface area contributed by atoms with Gasteiger partial charge in [-0.3, -0.25) is 5.10 Å². The molecular formula is C43H50ClN13O4. The number of hydrogen-bond donors (Lipinski definition) is 4. The van der Waals surface area contributed by atoms with E-state index in [1.165, 1.54) is 22.7 Å². The van der Waals surface area contributed by atoms with Crippen molar-refractivity contribution in [2.45, 2.75) is 0 Å². The van der Waals surface area contributed by atoms with Crippen LogP contribution < -0.4 is 35.6 Å². The van der Waals surface area contributed by atoms with E-state index in [0.29, 0.717) is 22.9 Å². The number of morpholine rings is 4. The van der Waals surface area contributed by atoms with Gasteiger partial charge in [-0.05, 0) is 60.7 Å². The van der Waals surface area contributed by atoms with Crippen LogP contribution in [0.2, 0.25) is 5.15 Å². The van der Waals surface area contributed by atoms with Crippen molar-refractivity contribution >= 4 is 80.0 Å². The molecule has 6 aromatic rings. The summed E-state index contributed by atoms with van der Waals surface area (Å²) in [6.07, 6.45) is 5.20. The van der Waals surface area contributed by atoms with Gasteiger partial charge in [0.1, 0.15) is 11.0 Å². The van der Waals surface area contributed by atoms with E-state index in [2.05, 4.69) is 97.1 Å². The molecule has 0 amide bonds. The number of nitrogens with one attached hydrogen (secondary N) is 4. The van der Waals surface area contributed by atoms with Crippen molar-refractivity contribution in [1.29, 1.82) is 0 Å². The van der Waals surface area contributed by atoms with Crippen molar-refractivity contribution in [3.8, 4) is 0 Å². The van der Waals surface area contributed by atoms with Gasteiger partial charge in [-0.2, -0.15) is 10.1 Å². The lowest BCUT2D eigenvalue weighted by Crippen LogP contribution is -2.38. The predicted molar refractivity (Wildman–Crippen MR) is 240 cm³/mol. The van der Waals surface area contributed by atoms with Crippen LogP contribution in [-0.2, 0) is 18.9 Å². The summed E-state index contributed by atoms with van der Waals surface area (Å²) in [4.78, 5) is 27.1. The van der Waals surface area contributed by atoms with Gasteiger partial charge in [0.15, 0.2) is 0 Å². The molecule has 0 radical (unpaired) electrons. The van der Waals surface area contributed by atoms with Gasteiger partial charge in [-0.1, -0.05) is 17.7 Å². The zero-order valence-corrected chi connectivity index (χ0v) is 34.7. The molecular weight excluding hydrogens is 798 g/mol. The molecule has 0 aliphatic carbocycles. The Morgan fingerprint density at radius 1 is 0.525 bits per heavy atom. The highest BCUT2D eigenvalue weighted by atomic mass is 35.5. The lowest BCUT2D eigenvalue weighted by molar-refractivity contribution is 0.122. The normalized spacial score (nSPS) is 17.1. The van der Waals surface area contributed by atoms with Crippen LogP contribution in [0.25, 0.3) is 10.9 Å². The second-order valence-corrected chi connectivity index (χ2v) is 15.2. The smallest absolute Gasteiger partial charge is 0.229 e. The van der Waals surface area contributed by atoms with E-state index in [1.54, 1.807) is 18.5 Å². The number of rotatable bonds is 10. The van der Waals surface area contributed by atoms with E-state index >= 15 is 0 Å². The number of ether oxygens (including phenoxy) is 4. The molecule has 4 aliphatic rings. The fourth-order valence-corrected chi connectivity index (χ4v) is 7.85. The van der Waals surface area contributed by atoms with Gasteiger partial charge in [0.2, 0.25) is 11.9 Å². The van der Waals surface area contributed by atoms with Crippen molar-refractivity contribution in [2.24, 2.45) is 0 Å². The number of nitrogens with zero attached hydrogens (tertiary/aromatic N) is 9. The summed E-state index contributed by atoms with van der Waals surface area (Å²) in [6, 6.07) is 22.6. The van der Waals surface area contributed by atoms with Gasteiger partial charge in [0, 0.05) is 104 Å². The first-order chi connectivity index (χ1) is 30.1. The second-order valence-electron chi connectivity index (χ2n) is 14.9. The molecule has 61 heavy (non-hydrogen) atoms. The highest BCUT2D eigenvalue weighted by Gasteiger charge is 2.19. The second kappa shape index (κ2) is 19.6. The highest BCUT2D eigenvalue weighted by molar-refractivity contribution is 6.29. The van der Waals surface area contributed by atoms with Crippen LogP contribution in [0.3, 0.4) is 0 Å². The minimum absolute atomic E-state index is 0.417. The van der Waals surface area contributed by atoms with E-state index in [0.717, 1.165) is 133 Å². The number of hydrogen-bond acceptors (Lipinski definition) is 16. The Labute approximate surface area is 359 Å². The average molecular weight is 848 g/mol. The Morgan fingerprint density at radius 3 is 1.46 bits per heavy atom. The van der Waals surface area contributed by atoms with Crippen LogP contribution in [0.4, 0.5) is 57.5 Å². The summed E-state index contributed by atoms with van der Waals surface area (Å²) < 4.78 is 22.1. The van der Waals surface area contributed by atoms with Crippen LogP contribution >= 0.6 is 11.6 Å². The van der Waals surface area contributed by atoms with Crippen LogP contribution in [0.15, 0.2) is 85.3 Å². The van der Waals surface area contributed by atoms with Crippen LogP contribution in [0.1, 0.15) is 0 Å². The van der Waals surface area contributed by atoms with E-state index in [9.17, 15) is 0 Å². The summed E-state index contributed by atoms with van der Waals surface area (Å²) in [7, 11) is 0. The molecule has 0 bridgehead atoms. The maximum Gasteiger partial charge on any atom is 0.229 e. The van der Waals surface area contributed by atoms with Gasteiger partial charge < -0.3 is 54.5 Å². The monoisotopic (exact) mass is 847 g/mol. The molecule has 0 atom stereocenters. The zero-order chi connectivity index (χ0) is 41.2. The van der Waals surface area contributed by atoms with Crippen molar-refractivity contribution < 1.29 is 18.9 Å². The lowest BCUT2D eigenvalue weighted by Gasteiger charge is -2.33. The van der Waals surface area contributed by atoms with Crippen LogP contribution in [0, 0.1) is 0 Å². The van der Waals surface area contributed by atoms with E-state index in [1.807, 2.05) is 30.5 Å². The number of aromatic nitrogens is 6. The molecule has 4 N–H and O–H groups in total. The molecule has 0 unspecified atom stereocenters. The fourth-order valence-electron chi connectivity index (χ4n) is 7.71. The summed E-state index contributed by atoms with van der Waals surface area (Å²) >= 11 is 5.98. The van der Waals surface area contributed by atoms with E-state index < -0.39 is 0 Å². The third kappa shape index (κ3) is 10.5. The molecule has 10 rings (SSSR count). The van der Waals surface area contributed by atoms with Gasteiger partial charge in [0.05, 0.1) is 70.3 Å². The van der Waals surface area contributed by atoms with Gasteiger partial charge in [-0.15, -0.1) is 0 Å². The van der Waals surface area contributed by atoms with Gasteiger partial charge in [-0.25, -0.2) is 15.0 Å². The summed E-state index contributed by atoms with van der Waals surface area (Å²) in [6.45, 7) is 13.0. The SMILES string of the molecule is Clc1ccnc(Nc2cc(N3CCOCC3)cc(N3CCOCC3)c2)n1.c1cc(Nc2ccnc(Nc3cc(N4CCOCC4)cc(N4CCOCC4)c3)n2)c2cn[nH]c2c1. The number of aromatic amines is 1. The van der Waals surface area contributed by atoms with Crippen LogP contribution in [-0.4, -0.2) is 135 Å². The highest BCUT2D eigenvalue weighted by Crippen LogP contribution is 2.33. The summed E-state index contributed by atoms with van der Waals surface area (Å²) in [5.74, 6) is 1.72. The Morgan fingerprint density at radius 2 is 0.984 bits per heavy atom. The molecule has 4 aliphatic heterocycles. The molecule has 18 heteroatoms. The van der Waals surface area contributed by atoms with E-state index in [4.69, 9.17) is 35.5 Å². The summed E-state index contributed by atoms with van der Waals surface area (Å²) in [5, 5.41) is 18.7. The Kier molecular flexibility index (Phi) is 13.0. The average Bonchev–Trinajstić information content (AvgIpc) is 3.81. The molecule has 17 nitrogen and oxygen atoms in total. The molecule has 318 valence electrons. The first-order valence-electron chi connectivity index (χ1n) is 20.8. The maximum atomic E-state index is 5.98.